The highest BCUT2D eigenvalue weighted by atomic mass is 35.5. The fraction of sp³-hybridized carbons (Fsp3) is 0.667. The van der Waals surface area contributed by atoms with E-state index in [-0.39, 0.29) is 11.8 Å². The van der Waals surface area contributed by atoms with Crippen molar-refractivity contribution < 1.29 is 19.1 Å². The summed E-state index contributed by atoms with van der Waals surface area (Å²) < 4.78 is 11.2. The van der Waals surface area contributed by atoms with Crippen LogP contribution in [-0.2, 0) is 24.6 Å². The van der Waals surface area contributed by atoms with Crippen molar-refractivity contribution in [1.82, 2.24) is 15.2 Å². The minimum Gasteiger partial charge on any atom is -0.432 e. The minimum atomic E-state index is -1.03. The normalized spacial score (nSPS) is 27.8. The van der Waals surface area contributed by atoms with Crippen molar-refractivity contribution in [1.29, 1.82) is 0 Å². The fourth-order valence-corrected chi connectivity index (χ4v) is 4.24. The average Bonchev–Trinajstić information content (AvgIpc) is 2.92. The fourth-order valence-electron chi connectivity index (χ4n) is 4.13. The molecule has 3 rings (SSSR count). The van der Waals surface area contributed by atoms with Crippen LogP contribution in [0.1, 0.15) is 46.7 Å². The van der Waals surface area contributed by atoms with Gasteiger partial charge in [0.05, 0.1) is 22.2 Å². The molecule has 3 heterocycles. The van der Waals surface area contributed by atoms with Crippen LogP contribution >= 0.6 is 11.6 Å². The molecule has 29 heavy (non-hydrogen) atoms. The van der Waals surface area contributed by atoms with Crippen molar-refractivity contribution in [3.8, 4) is 0 Å². The van der Waals surface area contributed by atoms with Crippen molar-refractivity contribution >= 4 is 23.5 Å². The number of halogens is 1. The Labute approximate surface area is 177 Å². The maximum Gasteiger partial charge on any atom is 0.338 e. The molecule has 8 heteroatoms. The third-order valence-corrected chi connectivity index (χ3v) is 5.74. The number of aromatic nitrogens is 1. The first kappa shape index (κ1) is 22.0. The van der Waals surface area contributed by atoms with E-state index in [9.17, 15) is 9.59 Å². The number of carbonyl (C=O) groups is 2. The van der Waals surface area contributed by atoms with Crippen LogP contribution < -0.4 is 5.32 Å². The van der Waals surface area contributed by atoms with Gasteiger partial charge in [0.1, 0.15) is 0 Å². The van der Waals surface area contributed by atoms with Crippen LogP contribution in [0, 0.1) is 11.8 Å². The predicted octanol–water partition coefficient (Wildman–Crippen LogP) is 2.72. The molecule has 1 aromatic rings. The number of amides is 1. The van der Waals surface area contributed by atoms with Gasteiger partial charge in [0.25, 0.3) is 0 Å². The van der Waals surface area contributed by atoms with E-state index in [1.165, 1.54) is 0 Å². The van der Waals surface area contributed by atoms with E-state index in [1.807, 2.05) is 31.7 Å². The van der Waals surface area contributed by atoms with E-state index in [0.29, 0.717) is 31.1 Å². The molecular formula is C21H30ClN3O4. The summed E-state index contributed by atoms with van der Waals surface area (Å²) >= 11 is 6.00. The molecule has 0 aliphatic carbocycles. The van der Waals surface area contributed by atoms with E-state index in [0.717, 1.165) is 5.69 Å². The Bertz CT molecular complexity index is 768. The third-order valence-electron chi connectivity index (χ3n) is 5.52. The van der Waals surface area contributed by atoms with Crippen molar-refractivity contribution in [2.45, 2.75) is 58.5 Å². The Morgan fingerprint density at radius 1 is 1.38 bits per heavy atom. The highest BCUT2D eigenvalue weighted by Crippen LogP contribution is 2.36. The van der Waals surface area contributed by atoms with E-state index in [4.69, 9.17) is 21.1 Å². The summed E-state index contributed by atoms with van der Waals surface area (Å²) in [5.74, 6) is -2.02. The lowest BCUT2D eigenvalue weighted by Crippen LogP contribution is -2.62. The first-order valence-electron chi connectivity index (χ1n) is 10.1. The second-order valence-corrected chi connectivity index (χ2v) is 9.33. The van der Waals surface area contributed by atoms with Gasteiger partial charge in [-0.15, -0.1) is 0 Å². The summed E-state index contributed by atoms with van der Waals surface area (Å²) in [4.78, 5) is 32.6. The summed E-state index contributed by atoms with van der Waals surface area (Å²) in [6.07, 6.45) is 1.21. The SMILES string of the molecule is CC(C)CC(C(=O)N1CCNC[C@]1(C)c1ccc(Cl)cn1)[C@H]1OC(C)(C)OC1=O. The zero-order valence-electron chi connectivity index (χ0n) is 17.7. The summed E-state index contributed by atoms with van der Waals surface area (Å²) in [6, 6.07) is 3.62. The number of nitrogens with one attached hydrogen (secondary N) is 1. The van der Waals surface area contributed by atoms with Gasteiger partial charge in [0.15, 0.2) is 6.10 Å². The van der Waals surface area contributed by atoms with Crippen molar-refractivity contribution in [3.63, 3.8) is 0 Å². The Balaban J connectivity index is 1.94. The lowest BCUT2D eigenvalue weighted by molar-refractivity contribution is -0.164. The van der Waals surface area contributed by atoms with Gasteiger partial charge >= 0.3 is 5.97 Å². The first-order chi connectivity index (χ1) is 13.5. The summed E-state index contributed by atoms with van der Waals surface area (Å²) in [5.41, 5.74) is 0.0914. The van der Waals surface area contributed by atoms with Crippen LogP contribution in [0.5, 0.6) is 0 Å². The molecular weight excluding hydrogens is 394 g/mol. The molecule has 1 unspecified atom stereocenters. The number of hydrogen-bond donors (Lipinski definition) is 1. The monoisotopic (exact) mass is 423 g/mol. The molecule has 1 N–H and O–H groups in total. The molecule has 1 aromatic heterocycles. The molecule has 2 fully saturated rings. The van der Waals surface area contributed by atoms with E-state index < -0.39 is 29.3 Å². The molecule has 0 saturated carbocycles. The zero-order chi connectivity index (χ0) is 21.4. The maximum atomic E-state index is 13.8. The molecule has 2 aliphatic heterocycles. The number of nitrogens with zero attached hydrogens (tertiary/aromatic N) is 2. The number of carbonyl (C=O) groups excluding carboxylic acids is 2. The maximum absolute atomic E-state index is 13.8. The van der Waals surface area contributed by atoms with E-state index >= 15 is 0 Å². The Kier molecular flexibility index (Phi) is 6.22. The van der Waals surface area contributed by atoms with Gasteiger partial charge < -0.3 is 19.7 Å². The standard InChI is InChI=1S/C21H30ClN3O4/c1-13(2)10-15(17-19(27)29-20(3,4)28-17)18(26)25-9-8-23-12-21(25,5)16-7-6-14(22)11-24-16/h6-7,11,13,15,17,23H,8-10,12H2,1-5H3/t15?,17-,21-/m1/s1. The number of hydrogen-bond acceptors (Lipinski definition) is 6. The van der Waals surface area contributed by atoms with Crippen molar-refractivity contribution in [2.24, 2.45) is 11.8 Å². The number of pyridine rings is 1. The van der Waals surface area contributed by atoms with Gasteiger partial charge in [-0.25, -0.2) is 4.79 Å². The van der Waals surface area contributed by atoms with Crippen molar-refractivity contribution in [2.75, 3.05) is 19.6 Å². The van der Waals surface area contributed by atoms with Crippen LogP contribution in [0.2, 0.25) is 5.02 Å². The van der Waals surface area contributed by atoms with Gasteiger partial charge in [-0.2, -0.15) is 0 Å². The highest BCUT2D eigenvalue weighted by Gasteiger charge is 2.51. The summed E-state index contributed by atoms with van der Waals surface area (Å²) in [5, 5.41) is 3.90. The predicted molar refractivity (Wildman–Crippen MR) is 109 cm³/mol. The number of cyclic esters (lactones) is 1. The van der Waals surface area contributed by atoms with Gasteiger partial charge in [0, 0.05) is 39.7 Å². The second-order valence-electron chi connectivity index (χ2n) is 8.90. The van der Waals surface area contributed by atoms with Crippen molar-refractivity contribution in [3.05, 3.63) is 29.0 Å². The lowest BCUT2D eigenvalue weighted by Gasteiger charge is -2.46. The Hall–Kier alpha value is -1.70. The quantitative estimate of drug-likeness (QED) is 0.733. The van der Waals surface area contributed by atoms with Crippen LogP contribution in [-0.4, -0.2) is 53.3 Å². The topological polar surface area (TPSA) is 80.8 Å². The number of ether oxygens (including phenoxy) is 2. The number of esters is 1. The molecule has 0 spiro atoms. The third kappa shape index (κ3) is 4.57. The van der Waals surface area contributed by atoms with Crippen LogP contribution in [0.4, 0.5) is 0 Å². The number of rotatable bonds is 5. The molecule has 1 amide bonds. The summed E-state index contributed by atoms with van der Waals surface area (Å²) in [6.45, 7) is 11.2. The Morgan fingerprint density at radius 2 is 2.10 bits per heavy atom. The Morgan fingerprint density at radius 3 is 2.66 bits per heavy atom. The van der Waals surface area contributed by atoms with E-state index in [1.54, 1.807) is 26.1 Å². The molecule has 0 bridgehead atoms. The smallest absolute Gasteiger partial charge is 0.338 e. The minimum absolute atomic E-state index is 0.112. The van der Waals surface area contributed by atoms with E-state index in [2.05, 4.69) is 10.3 Å². The number of piperazine rings is 1. The molecule has 0 radical (unpaired) electrons. The van der Waals surface area contributed by atoms with Gasteiger partial charge in [0.2, 0.25) is 11.7 Å². The molecule has 0 aromatic carbocycles. The second kappa shape index (κ2) is 8.20. The average molecular weight is 424 g/mol. The van der Waals surface area contributed by atoms with Gasteiger partial charge in [-0.05, 0) is 31.4 Å². The van der Waals surface area contributed by atoms with Gasteiger partial charge in [-0.1, -0.05) is 25.4 Å². The first-order valence-corrected chi connectivity index (χ1v) is 10.5. The van der Waals surface area contributed by atoms with Crippen LogP contribution in [0.15, 0.2) is 18.3 Å². The molecule has 7 nitrogen and oxygen atoms in total. The van der Waals surface area contributed by atoms with Gasteiger partial charge in [-0.3, -0.25) is 9.78 Å². The zero-order valence-corrected chi connectivity index (χ0v) is 18.5. The summed E-state index contributed by atoms with van der Waals surface area (Å²) in [7, 11) is 0. The highest BCUT2D eigenvalue weighted by molar-refractivity contribution is 6.30. The van der Waals surface area contributed by atoms with Crippen LogP contribution in [0.25, 0.3) is 0 Å². The lowest BCUT2D eigenvalue weighted by atomic mass is 9.86. The molecule has 3 atom stereocenters. The largest absolute Gasteiger partial charge is 0.432 e. The molecule has 2 saturated heterocycles. The molecule has 2 aliphatic rings. The van der Waals surface area contributed by atoms with Crippen LogP contribution in [0.3, 0.4) is 0 Å². The molecule has 160 valence electrons.